The molecule has 0 atom stereocenters. The van der Waals surface area contributed by atoms with Gasteiger partial charge >= 0.3 is 6.09 Å². The van der Waals surface area contributed by atoms with E-state index in [1.165, 1.54) is 6.21 Å². The number of rotatable bonds is 4. The van der Waals surface area contributed by atoms with Crippen molar-refractivity contribution < 1.29 is 14.7 Å². The average molecular weight is 236 g/mol. The van der Waals surface area contributed by atoms with Crippen molar-refractivity contribution >= 4 is 12.3 Å². The maximum atomic E-state index is 11.4. The molecule has 5 nitrogen and oxygen atoms in total. The fourth-order valence-electron chi connectivity index (χ4n) is 1.20. The fourth-order valence-corrected chi connectivity index (χ4v) is 1.20. The van der Waals surface area contributed by atoms with Crippen molar-refractivity contribution in [3.8, 4) is 0 Å². The van der Waals surface area contributed by atoms with Crippen LogP contribution < -0.4 is 5.32 Å². The van der Waals surface area contributed by atoms with Crippen molar-refractivity contribution in [3.05, 3.63) is 35.9 Å². The Balaban J connectivity index is 2.41. The largest absolute Gasteiger partial charge is 0.445 e. The molecule has 0 aromatic heterocycles. The van der Waals surface area contributed by atoms with Crippen LogP contribution in [0.3, 0.4) is 0 Å². The first-order valence-corrected chi connectivity index (χ1v) is 5.21. The van der Waals surface area contributed by atoms with Gasteiger partial charge in [0, 0.05) is 0 Å². The third-order valence-corrected chi connectivity index (χ3v) is 2.02. The SMILES string of the molecule is CC(C)(/C=N/O)NC(=O)OCc1ccccc1. The fraction of sp³-hybridized carbons (Fsp3) is 0.333. The minimum Gasteiger partial charge on any atom is -0.445 e. The molecule has 1 aromatic carbocycles. The van der Waals surface area contributed by atoms with Gasteiger partial charge < -0.3 is 15.3 Å². The quantitative estimate of drug-likeness (QED) is 0.478. The number of oxime groups is 1. The summed E-state index contributed by atoms with van der Waals surface area (Å²) in [6, 6.07) is 9.38. The molecule has 0 aliphatic rings. The Morgan fingerprint density at radius 3 is 2.71 bits per heavy atom. The number of nitrogens with zero attached hydrogens (tertiary/aromatic N) is 1. The second kappa shape index (κ2) is 5.89. The molecule has 0 aliphatic carbocycles. The lowest BCUT2D eigenvalue weighted by atomic mass is 10.1. The van der Waals surface area contributed by atoms with E-state index in [2.05, 4.69) is 10.5 Å². The molecule has 5 heteroatoms. The third-order valence-electron chi connectivity index (χ3n) is 2.02. The summed E-state index contributed by atoms with van der Waals surface area (Å²) < 4.78 is 5.02. The first-order valence-electron chi connectivity index (χ1n) is 5.21. The number of carbonyl (C=O) groups is 1. The standard InChI is InChI=1S/C12H16N2O3/c1-12(2,9-13-16)14-11(15)17-8-10-6-4-3-5-7-10/h3-7,9,16H,8H2,1-2H3,(H,14,15)/b13-9+. The maximum Gasteiger partial charge on any atom is 0.408 e. The molecule has 0 spiro atoms. The Hall–Kier alpha value is -2.04. The summed E-state index contributed by atoms with van der Waals surface area (Å²) in [5.74, 6) is 0. The molecular formula is C12H16N2O3. The van der Waals surface area contributed by atoms with Gasteiger partial charge in [0.2, 0.25) is 0 Å². The van der Waals surface area contributed by atoms with E-state index in [-0.39, 0.29) is 6.61 Å². The highest BCUT2D eigenvalue weighted by Crippen LogP contribution is 2.03. The highest BCUT2D eigenvalue weighted by molar-refractivity contribution is 5.77. The summed E-state index contributed by atoms with van der Waals surface area (Å²) >= 11 is 0. The minimum atomic E-state index is -0.747. The third kappa shape index (κ3) is 5.01. The minimum absolute atomic E-state index is 0.207. The highest BCUT2D eigenvalue weighted by atomic mass is 16.5. The van der Waals surface area contributed by atoms with Gasteiger partial charge in [-0.05, 0) is 19.4 Å². The molecule has 0 bridgehead atoms. The molecule has 17 heavy (non-hydrogen) atoms. The number of nitrogens with one attached hydrogen (secondary N) is 1. The second-order valence-electron chi connectivity index (χ2n) is 4.15. The molecule has 0 saturated heterocycles. The topological polar surface area (TPSA) is 70.9 Å². The van der Waals surface area contributed by atoms with Crippen LogP contribution in [0.1, 0.15) is 19.4 Å². The number of alkyl carbamates (subject to hydrolysis) is 1. The lowest BCUT2D eigenvalue weighted by molar-refractivity contribution is 0.134. The molecular weight excluding hydrogens is 220 g/mol. The van der Waals surface area contributed by atoms with Crippen LogP contribution in [0.2, 0.25) is 0 Å². The van der Waals surface area contributed by atoms with E-state index in [9.17, 15) is 4.79 Å². The zero-order valence-corrected chi connectivity index (χ0v) is 9.88. The molecule has 0 aliphatic heterocycles. The van der Waals surface area contributed by atoms with E-state index in [0.717, 1.165) is 5.56 Å². The summed E-state index contributed by atoms with van der Waals surface area (Å²) in [6.45, 7) is 3.59. The maximum absolute atomic E-state index is 11.4. The van der Waals surface area contributed by atoms with E-state index < -0.39 is 11.6 Å². The number of ether oxygens (including phenoxy) is 1. The van der Waals surface area contributed by atoms with Gasteiger partial charge in [0.05, 0.1) is 11.8 Å². The molecule has 1 aromatic rings. The smallest absolute Gasteiger partial charge is 0.408 e. The molecule has 1 amide bonds. The first kappa shape index (κ1) is 13.0. The zero-order valence-electron chi connectivity index (χ0n) is 9.88. The number of amides is 1. The Labute approximate surface area is 100 Å². The van der Waals surface area contributed by atoms with Crippen LogP contribution in [-0.2, 0) is 11.3 Å². The van der Waals surface area contributed by atoms with E-state index >= 15 is 0 Å². The van der Waals surface area contributed by atoms with Gasteiger partial charge in [-0.3, -0.25) is 0 Å². The van der Waals surface area contributed by atoms with E-state index in [1.54, 1.807) is 13.8 Å². The number of carbonyl (C=O) groups excluding carboxylic acids is 1. The van der Waals surface area contributed by atoms with Crippen molar-refractivity contribution in [2.24, 2.45) is 5.16 Å². The van der Waals surface area contributed by atoms with Crippen molar-refractivity contribution in [2.75, 3.05) is 0 Å². The van der Waals surface area contributed by atoms with E-state index in [4.69, 9.17) is 9.94 Å². The Morgan fingerprint density at radius 2 is 2.12 bits per heavy atom. The molecule has 2 N–H and O–H groups in total. The number of hydrogen-bond acceptors (Lipinski definition) is 4. The molecule has 0 unspecified atom stereocenters. The van der Waals surface area contributed by atoms with Crippen LogP contribution >= 0.6 is 0 Å². The van der Waals surface area contributed by atoms with Crippen LogP contribution in [0.25, 0.3) is 0 Å². The summed E-state index contributed by atoms with van der Waals surface area (Å²) in [5, 5.41) is 13.8. The normalized spacial score (nSPS) is 11.4. The van der Waals surface area contributed by atoms with Crippen molar-refractivity contribution in [2.45, 2.75) is 26.0 Å². The van der Waals surface area contributed by atoms with E-state index in [1.807, 2.05) is 30.3 Å². The van der Waals surface area contributed by atoms with Crippen LogP contribution in [0.15, 0.2) is 35.5 Å². The van der Waals surface area contributed by atoms with Gasteiger partial charge in [-0.15, -0.1) is 0 Å². The van der Waals surface area contributed by atoms with Crippen LogP contribution in [0.4, 0.5) is 4.79 Å². The van der Waals surface area contributed by atoms with Gasteiger partial charge in [-0.25, -0.2) is 4.79 Å². The van der Waals surface area contributed by atoms with Gasteiger partial charge in [0.1, 0.15) is 6.61 Å². The Bertz CT molecular complexity index is 388. The molecule has 0 fully saturated rings. The summed E-state index contributed by atoms with van der Waals surface area (Å²) in [4.78, 5) is 11.4. The van der Waals surface area contributed by atoms with Crippen molar-refractivity contribution in [3.63, 3.8) is 0 Å². The summed E-state index contributed by atoms with van der Waals surface area (Å²) in [7, 11) is 0. The van der Waals surface area contributed by atoms with Gasteiger partial charge in [-0.1, -0.05) is 35.5 Å². The zero-order chi connectivity index (χ0) is 12.7. The second-order valence-corrected chi connectivity index (χ2v) is 4.15. The Kier molecular flexibility index (Phi) is 4.51. The summed E-state index contributed by atoms with van der Waals surface area (Å²) in [5.41, 5.74) is 0.166. The monoisotopic (exact) mass is 236 g/mol. The van der Waals surface area contributed by atoms with Gasteiger partial charge in [0.25, 0.3) is 0 Å². The van der Waals surface area contributed by atoms with Gasteiger partial charge in [-0.2, -0.15) is 0 Å². The van der Waals surface area contributed by atoms with E-state index in [0.29, 0.717) is 0 Å². The Morgan fingerprint density at radius 1 is 1.47 bits per heavy atom. The molecule has 0 radical (unpaired) electrons. The van der Waals surface area contributed by atoms with Crippen LogP contribution in [-0.4, -0.2) is 23.1 Å². The molecule has 0 saturated carbocycles. The number of benzene rings is 1. The predicted molar refractivity (Wildman–Crippen MR) is 64.1 cm³/mol. The van der Waals surface area contributed by atoms with Gasteiger partial charge in [0.15, 0.2) is 0 Å². The van der Waals surface area contributed by atoms with Crippen LogP contribution in [0.5, 0.6) is 0 Å². The first-order chi connectivity index (χ1) is 8.03. The van der Waals surface area contributed by atoms with Crippen molar-refractivity contribution in [1.29, 1.82) is 0 Å². The molecule has 92 valence electrons. The molecule has 0 heterocycles. The van der Waals surface area contributed by atoms with Crippen molar-refractivity contribution in [1.82, 2.24) is 5.32 Å². The molecule has 1 rings (SSSR count). The van der Waals surface area contributed by atoms with Crippen LogP contribution in [0, 0.1) is 0 Å². The summed E-state index contributed by atoms with van der Waals surface area (Å²) in [6.07, 6.45) is 0.662. The predicted octanol–water partition coefficient (Wildman–Crippen LogP) is 2.15. The lowest BCUT2D eigenvalue weighted by Gasteiger charge is -2.20. The highest BCUT2D eigenvalue weighted by Gasteiger charge is 2.18. The number of hydrogen-bond donors (Lipinski definition) is 2. The average Bonchev–Trinajstić information content (AvgIpc) is 2.27. The lowest BCUT2D eigenvalue weighted by Crippen LogP contribution is -2.44.